The van der Waals surface area contributed by atoms with Gasteiger partial charge in [-0.15, -0.1) is 0 Å². The van der Waals surface area contributed by atoms with Crippen LogP contribution in [0, 0.1) is 0 Å². The third-order valence-corrected chi connectivity index (χ3v) is 1.79. The Morgan fingerprint density at radius 1 is 1.46 bits per heavy atom. The average molecular weight is 179 g/mol. The Morgan fingerprint density at radius 2 is 2.00 bits per heavy atom. The zero-order valence-electron chi connectivity index (χ0n) is 8.85. The van der Waals surface area contributed by atoms with Crippen molar-refractivity contribution >= 4 is 11.5 Å². The van der Waals surface area contributed by atoms with Gasteiger partial charge < -0.3 is 0 Å². The Labute approximate surface area is 80.1 Å². The summed E-state index contributed by atoms with van der Waals surface area (Å²) in [5.41, 5.74) is 2.33. The highest BCUT2D eigenvalue weighted by Crippen LogP contribution is 2.10. The highest BCUT2D eigenvalue weighted by molar-refractivity contribution is 6.06. The van der Waals surface area contributed by atoms with E-state index in [2.05, 4.69) is 11.6 Å². The summed E-state index contributed by atoms with van der Waals surface area (Å²) in [7, 11) is 1.71. The first-order valence-electron chi connectivity index (χ1n) is 4.37. The van der Waals surface area contributed by atoms with Crippen molar-refractivity contribution in [1.82, 2.24) is 0 Å². The summed E-state index contributed by atoms with van der Waals surface area (Å²) in [6, 6.07) is 0. The van der Waals surface area contributed by atoms with Crippen molar-refractivity contribution in [2.45, 2.75) is 27.2 Å². The van der Waals surface area contributed by atoms with Crippen LogP contribution >= 0.6 is 0 Å². The molecule has 0 heterocycles. The molecular formula is C11H17NO. The predicted molar refractivity (Wildman–Crippen MR) is 57.2 cm³/mol. The van der Waals surface area contributed by atoms with Gasteiger partial charge in [-0.1, -0.05) is 13.5 Å². The van der Waals surface area contributed by atoms with E-state index in [1.165, 1.54) is 0 Å². The van der Waals surface area contributed by atoms with E-state index in [-0.39, 0.29) is 5.78 Å². The second-order valence-corrected chi connectivity index (χ2v) is 2.98. The minimum Gasteiger partial charge on any atom is -0.294 e. The van der Waals surface area contributed by atoms with Gasteiger partial charge in [0.15, 0.2) is 5.78 Å². The van der Waals surface area contributed by atoms with Gasteiger partial charge >= 0.3 is 0 Å². The molecule has 0 aromatic heterocycles. The molecule has 0 rings (SSSR count). The Balaban J connectivity index is 4.92. The lowest BCUT2D eigenvalue weighted by Gasteiger charge is -2.03. The fourth-order valence-corrected chi connectivity index (χ4v) is 0.906. The molecule has 0 amide bonds. The van der Waals surface area contributed by atoms with E-state index in [0.717, 1.165) is 11.3 Å². The standard InChI is InChI=1S/C11H17NO/c1-6-11(13)10(8(2)3)7-9(4)12-5/h7H,2,6H2,1,3-5H3/b10-7-,12-9?. The van der Waals surface area contributed by atoms with Gasteiger partial charge in [0, 0.05) is 24.8 Å². The highest BCUT2D eigenvalue weighted by atomic mass is 16.1. The Morgan fingerprint density at radius 3 is 2.31 bits per heavy atom. The maximum atomic E-state index is 11.4. The summed E-state index contributed by atoms with van der Waals surface area (Å²) >= 11 is 0. The van der Waals surface area contributed by atoms with Crippen LogP contribution in [0.15, 0.2) is 28.8 Å². The Bertz CT molecular complexity index is 272. The third-order valence-electron chi connectivity index (χ3n) is 1.79. The third kappa shape index (κ3) is 3.83. The molecule has 2 nitrogen and oxygen atoms in total. The van der Waals surface area contributed by atoms with Crippen LogP contribution in [0.2, 0.25) is 0 Å². The van der Waals surface area contributed by atoms with E-state index < -0.39 is 0 Å². The van der Waals surface area contributed by atoms with Crippen molar-refractivity contribution < 1.29 is 4.79 Å². The normalized spacial score (nSPS) is 12.9. The molecule has 0 aliphatic heterocycles. The second-order valence-electron chi connectivity index (χ2n) is 2.98. The number of aliphatic imine (C=N–C) groups is 1. The lowest BCUT2D eigenvalue weighted by Crippen LogP contribution is -2.03. The molecule has 0 radical (unpaired) electrons. The van der Waals surface area contributed by atoms with Gasteiger partial charge in [-0.2, -0.15) is 0 Å². The van der Waals surface area contributed by atoms with Crippen molar-refractivity contribution in [2.75, 3.05) is 7.05 Å². The number of ketones is 1. The molecule has 0 saturated heterocycles. The van der Waals surface area contributed by atoms with E-state index >= 15 is 0 Å². The maximum absolute atomic E-state index is 11.4. The minimum atomic E-state index is 0.121. The second kappa shape index (κ2) is 5.46. The zero-order valence-corrected chi connectivity index (χ0v) is 8.85. The minimum absolute atomic E-state index is 0.121. The molecule has 72 valence electrons. The number of rotatable bonds is 4. The maximum Gasteiger partial charge on any atom is 0.162 e. The van der Waals surface area contributed by atoms with Crippen LogP contribution in [0.5, 0.6) is 0 Å². The van der Waals surface area contributed by atoms with Crippen LogP contribution in [0.4, 0.5) is 0 Å². The molecule has 0 aliphatic rings. The lowest BCUT2D eigenvalue weighted by atomic mass is 10.0. The molecule has 2 heteroatoms. The molecule has 0 aromatic rings. The van der Waals surface area contributed by atoms with Gasteiger partial charge in [0.1, 0.15) is 0 Å². The molecule has 0 fully saturated rings. The van der Waals surface area contributed by atoms with Crippen molar-refractivity contribution in [3.05, 3.63) is 23.8 Å². The molecule has 0 unspecified atom stereocenters. The van der Waals surface area contributed by atoms with Crippen molar-refractivity contribution in [3.63, 3.8) is 0 Å². The van der Waals surface area contributed by atoms with Gasteiger partial charge in [-0.25, -0.2) is 0 Å². The molecule has 0 aromatic carbocycles. The fraction of sp³-hybridized carbons (Fsp3) is 0.455. The molecular weight excluding hydrogens is 162 g/mol. The number of allylic oxidation sites excluding steroid dienone is 3. The summed E-state index contributed by atoms with van der Waals surface area (Å²) in [5.74, 6) is 0.121. The Hall–Kier alpha value is -1.18. The molecule has 0 aliphatic carbocycles. The first kappa shape index (κ1) is 11.8. The van der Waals surface area contributed by atoms with Crippen LogP contribution in [-0.4, -0.2) is 18.5 Å². The average Bonchev–Trinajstić information content (AvgIpc) is 2.11. The number of carbonyl (C=O) groups excluding carboxylic acids is 1. The van der Waals surface area contributed by atoms with Crippen LogP contribution in [0.1, 0.15) is 27.2 Å². The largest absolute Gasteiger partial charge is 0.294 e. The summed E-state index contributed by atoms with van der Waals surface area (Å²) in [6.07, 6.45) is 2.30. The van der Waals surface area contributed by atoms with Crippen molar-refractivity contribution in [1.29, 1.82) is 0 Å². The van der Waals surface area contributed by atoms with Gasteiger partial charge in [-0.3, -0.25) is 9.79 Å². The van der Waals surface area contributed by atoms with E-state index in [9.17, 15) is 4.79 Å². The van der Waals surface area contributed by atoms with Crippen molar-refractivity contribution in [3.8, 4) is 0 Å². The smallest absolute Gasteiger partial charge is 0.162 e. The van der Waals surface area contributed by atoms with Crippen molar-refractivity contribution in [2.24, 2.45) is 4.99 Å². The highest BCUT2D eigenvalue weighted by Gasteiger charge is 2.07. The van der Waals surface area contributed by atoms with E-state index in [1.54, 1.807) is 13.1 Å². The topological polar surface area (TPSA) is 29.4 Å². The van der Waals surface area contributed by atoms with Crippen LogP contribution in [0.25, 0.3) is 0 Å². The first-order valence-corrected chi connectivity index (χ1v) is 4.37. The van der Waals surface area contributed by atoms with Gasteiger partial charge in [0.05, 0.1) is 0 Å². The van der Waals surface area contributed by atoms with E-state index in [4.69, 9.17) is 0 Å². The SMILES string of the molecule is C=C(C)/C(=C/C(C)=NC)C(=O)CC. The molecule has 0 saturated carbocycles. The van der Waals surface area contributed by atoms with E-state index in [0.29, 0.717) is 12.0 Å². The molecule has 0 atom stereocenters. The summed E-state index contributed by atoms with van der Waals surface area (Å²) in [4.78, 5) is 15.4. The summed E-state index contributed by atoms with van der Waals surface area (Å²) < 4.78 is 0. The predicted octanol–water partition coefficient (Wildman–Crippen LogP) is 2.56. The number of hydrogen-bond acceptors (Lipinski definition) is 2. The number of Topliss-reactive ketones (excluding diaryl/α,β-unsaturated/α-hetero) is 1. The van der Waals surface area contributed by atoms with Crippen LogP contribution in [0.3, 0.4) is 0 Å². The monoisotopic (exact) mass is 179 g/mol. The van der Waals surface area contributed by atoms with Gasteiger partial charge in [0.25, 0.3) is 0 Å². The Kier molecular flexibility index (Phi) is 4.97. The molecule has 13 heavy (non-hydrogen) atoms. The molecule has 0 N–H and O–H groups in total. The fourth-order valence-electron chi connectivity index (χ4n) is 0.906. The zero-order chi connectivity index (χ0) is 10.4. The quantitative estimate of drug-likeness (QED) is 0.370. The van der Waals surface area contributed by atoms with Gasteiger partial charge in [0.2, 0.25) is 0 Å². The molecule has 0 spiro atoms. The number of carbonyl (C=O) groups is 1. The molecule has 0 bridgehead atoms. The first-order chi connectivity index (χ1) is 6.02. The summed E-state index contributed by atoms with van der Waals surface area (Å²) in [6.45, 7) is 9.32. The van der Waals surface area contributed by atoms with Gasteiger partial charge in [-0.05, 0) is 25.5 Å². The van der Waals surface area contributed by atoms with Crippen LogP contribution in [-0.2, 0) is 4.79 Å². The number of nitrogens with zero attached hydrogens (tertiary/aromatic N) is 1. The number of hydrogen-bond donors (Lipinski definition) is 0. The van der Waals surface area contributed by atoms with Crippen LogP contribution < -0.4 is 0 Å². The summed E-state index contributed by atoms with van der Waals surface area (Å²) in [5, 5.41) is 0. The lowest BCUT2D eigenvalue weighted by molar-refractivity contribution is -0.115. The van der Waals surface area contributed by atoms with E-state index in [1.807, 2.05) is 20.8 Å².